The second-order valence-corrected chi connectivity index (χ2v) is 7.34. The van der Waals surface area contributed by atoms with Crippen molar-refractivity contribution in [2.75, 3.05) is 18.8 Å². The van der Waals surface area contributed by atoms with E-state index >= 15 is 0 Å². The van der Waals surface area contributed by atoms with E-state index < -0.39 is 0 Å². The molecule has 7 heteroatoms. The normalized spacial score (nSPS) is 18.1. The lowest BCUT2D eigenvalue weighted by Gasteiger charge is -2.31. The molecule has 3 heterocycles. The summed E-state index contributed by atoms with van der Waals surface area (Å²) in [5, 5.41) is 4.04. The Morgan fingerprint density at radius 1 is 1.42 bits per heavy atom. The van der Waals surface area contributed by atoms with E-state index in [0.29, 0.717) is 18.2 Å². The number of pyridine rings is 1. The molecule has 1 atom stereocenters. The molecule has 0 aliphatic carbocycles. The Kier molecular flexibility index (Phi) is 5.50. The van der Waals surface area contributed by atoms with Crippen molar-refractivity contribution in [1.29, 1.82) is 0 Å². The zero-order valence-corrected chi connectivity index (χ0v) is 14.8. The number of carbonyl (C=O) groups is 1. The van der Waals surface area contributed by atoms with Crippen LogP contribution < -0.4 is 0 Å². The number of amides is 1. The Balaban J connectivity index is 1.57. The monoisotopic (exact) mass is 346 g/mol. The highest BCUT2D eigenvalue weighted by atomic mass is 32.2. The summed E-state index contributed by atoms with van der Waals surface area (Å²) in [5.74, 6) is 2.40. The number of carbonyl (C=O) groups excluding carboxylic acids is 1. The minimum atomic E-state index is 0.147. The van der Waals surface area contributed by atoms with Crippen LogP contribution in [-0.4, -0.2) is 44.8 Å². The highest BCUT2D eigenvalue weighted by molar-refractivity contribution is 8.00. The van der Waals surface area contributed by atoms with Gasteiger partial charge in [0.15, 0.2) is 5.82 Å². The molecular formula is C17H22N4O2S. The smallest absolute Gasteiger partial charge is 0.232 e. The molecule has 0 radical (unpaired) electrons. The summed E-state index contributed by atoms with van der Waals surface area (Å²) in [6.07, 6.45) is 5.44. The maximum Gasteiger partial charge on any atom is 0.232 e. The van der Waals surface area contributed by atoms with Crippen LogP contribution in [0.25, 0.3) is 0 Å². The lowest BCUT2D eigenvalue weighted by Crippen LogP contribution is -2.40. The molecule has 1 fully saturated rings. The molecule has 1 amide bonds. The summed E-state index contributed by atoms with van der Waals surface area (Å²) in [4.78, 5) is 23.9. The van der Waals surface area contributed by atoms with E-state index in [0.717, 1.165) is 30.1 Å². The number of rotatable bonds is 5. The minimum absolute atomic E-state index is 0.147. The van der Waals surface area contributed by atoms with Gasteiger partial charge in [-0.3, -0.25) is 9.78 Å². The number of likely N-dealkylation sites (tertiary alicyclic amines) is 1. The minimum Gasteiger partial charge on any atom is -0.341 e. The van der Waals surface area contributed by atoms with Gasteiger partial charge in [-0.2, -0.15) is 4.98 Å². The lowest BCUT2D eigenvalue weighted by atomic mass is 9.98. The molecule has 6 nitrogen and oxygen atoms in total. The Morgan fingerprint density at radius 3 is 2.92 bits per heavy atom. The molecular weight excluding hydrogens is 324 g/mol. The van der Waals surface area contributed by atoms with Gasteiger partial charge in [0, 0.05) is 36.3 Å². The second kappa shape index (κ2) is 7.79. The van der Waals surface area contributed by atoms with E-state index in [1.54, 1.807) is 24.2 Å². The van der Waals surface area contributed by atoms with Crippen LogP contribution in [0.5, 0.6) is 0 Å². The first-order valence-electron chi connectivity index (χ1n) is 8.27. The van der Waals surface area contributed by atoms with Gasteiger partial charge in [-0.1, -0.05) is 19.0 Å². The van der Waals surface area contributed by atoms with Crippen LogP contribution in [0.4, 0.5) is 0 Å². The number of nitrogens with zero attached hydrogens (tertiary/aromatic N) is 4. The molecule has 24 heavy (non-hydrogen) atoms. The van der Waals surface area contributed by atoms with Crippen molar-refractivity contribution in [1.82, 2.24) is 20.0 Å². The summed E-state index contributed by atoms with van der Waals surface area (Å²) in [7, 11) is 0. The molecule has 0 unspecified atom stereocenters. The van der Waals surface area contributed by atoms with E-state index in [4.69, 9.17) is 4.52 Å². The topological polar surface area (TPSA) is 72.1 Å². The van der Waals surface area contributed by atoms with Gasteiger partial charge in [0.25, 0.3) is 0 Å². The zero-order valence-electron chi connectivity index (χ0n) is 14.0. The maximum absolute atomic E-state index is 12.5. The molecule has 0 bridgehead atoms. The zero-order chi connectivity index (χ0) is 16.9. The molecule has 128 valence electrons. The fourth-order valence-electron chi connectivity index (χ4n) is 2.72. The number of hydrogen-bond acceptors (Lipinski definition) is 6. The van der Waals surface area contributed by atoms with Crippen LogP contribution in [0.1, 0.15) is 50.2 Å². The summed E-state index contributed by atoms with van der Waals surface area (Å²) >= 11 is 1.54. The van der Waals surface area contributed by atoms with Crippen molar-refractivity contribution in [3.05, 3.63) is 36.2 Å². The van der Waals surface area contributed by atoms with Crippen molar-refractivity contribution in [2.45, 2.75) is 43.4 Å². The third-order valence-corrected chi connectivity index (χ3v) is 5.11. The highest BCUT2D eigenvalue weighted by Crippen LogP contribution is 2.27. The number of aromatic nitrogens is 3. The van der Waals surface area contributed by atoms with Crippen molar-refractivity contribution in [3.8, 4) is 0 Å². The molecule has 2 aromatic heterocycles. The third-order valence-electron chi connectivity index (χ3n) is 4.11. The third kappa shape index (κ3) is 4.14. The largest absolute Gasteiger partial charge is 0.341 e. The van der Waals surface area contributed by atoms with Crippen molar-refractivity contribution in [2.24, 2.45) is 0 Å². The summed E-state index contributed by atoms with van der Waals surface area (Å²) in [6.45, 7) is 5.55. The average molecular weight is 346 g/mol. The first kappa shape index (κ1) is 17.0. The molecule has 1 saturated heterocycles. The molecule has 1 aliphatic rings. The van der Waals surface area contributed by atoms with Crippen molar-refractivity contribution < 1.29 is 9.32 Å². The molecule has 1 aliphatic heterocycles. The molecule has 0 spiro atoms. The lowest BCUT2D eigenvalue weighted by molar-refractivity contribution is -0.129. The predicted octanol–water partition coefficient (Wildman–Crippen LogP) is 3.09. The van der Waals surface area contributed by atoms with Gasteiger partial charge in [-0.15, -0.1) is 11.8 Å². The Morgan fingerprint density at radius 2 is 2.21 bits per heavy atom. The van der Waals surface area contributed by atoms with Gasteiger partial charge < -0.3 is 9.42 Å². The van der Waals surface area contributed by atoms with Gasteiger partial charge in [0.05, 0.1) is 11.7 Å². The first-order chi connectivity index (χ1) is 11.6. The van der Waals surface area contributed by atoms with Gasteiger partial charge in [0.2, 0.25) is 11.8 Å². The van der Waals surface area contributed by atoms with Crippen LogP contribution in [-0.2, 0) is 4.79 Å². The van der Waals surface area contributed by atoms with E-state index in [9.17, 15) is 4.79 Å². The summed E-state index contributed by atoms with van der Waals surface area (Å²) < 4.78 is 5.41. The molecule has 3 rings (SSSR count). The first-order valence-corrected chi connectivity index (χ1v) is 9.26. The van der Waals surface area contributed by atoms with Crippen LogP contribution in [0.3, 0.4) is 0 Å². The Hall–Kier alpha value is -1.89. The average Bonchev–Trinajstić information content (AvgIpc) is 3.11. The van der Waals surface area contributed by atoms with Crippen LogP contribution >= 0.6 is 11.8 Å². The van der Waals surface area contributed by atoms with Crippen LogP contribution in [0.2, 0.25) is 0 Å². The standard InChI is InChI=1S/C17H22N4O2S/c1-12(2)16-19-17(23-20-16)13-4-3-9-21(10-13)15(22)11-24-14-5-7-18-8-6-14/h5-8,12-13H,3-4,9-11H2,1-2H3/t13-/m0/s1. The fourth-order valence-corrected chi connectivity index (χ4v) is 3.51. The van der Waals surface area contributed by atoms with Crippen molar-refractivity contribution >= 4 is 17.7 Å². The second-order valence-electron chi connectivity index (χ2n) is 6.30. The van der Waals surface area contributed by atoms with Crippen LogP contribution in [0.15, 0.2) is 33.9 Å². The summed E-state index contributed by atoms with van der Waals surface area (Å²) in [5.41, 5.74) is 0. The molecule has 0 N–H and O–H groups in total. The Bertz CT molecular complexity index is 674. The highest BCUT2D eigenvalue weighted by Gasteiger charge is 2.28. The predicted molar refractivity (Wildman–Crippen MR) is 91.9 cm³/mol. The fraction of sp³-hybridized carbons (Fsp3) is 0.529. The van der Waals surface area contributed by atoms with E-state index in [2.05, 4.69) is 15.1 Å². The maximum atomic E-state index is 12.5. The van der Waals surface area contributed by atoms with E-state index in [-0.39, 0.29) is 17.7 Å². The number of piperidine rings is 1. The van der Waals surface area contributed by atoms with E-state index in [1.165, 1.54) is 0 Å². The van der Waals surface area contributed by atoms with E-state index in [1.807, 2.05) is 30.9 Å². The SMILES string of the molecule is CC(C)c1noc([C@H]2CCCN(C(=O)CSc3ccncc3)C2)n1. The Labute approximate surface area is 146 Å². The van der Waals surface area contributed by atoms with Gasteiger partial charge in [-0.05, 0) is 25.0 Å². The van der Waals surface area contributed by atoms with Gasteiger partial charge in [-0.25, -0.2) is 0 Å². The molecule has 2 aromatic rings. The van der Waals surface area contributed by atoms with Crippen molar-refractivity contribution in [3.63, 3.8) is 0 Å². The number of hydrogen-bond donors (Lipinski definition) is 0. The van der Waals surface area contributed by atoms with Gasteiger partial charge in [0.1, 0.15) is 0 Å². The van der Waals surface area contributed by atoms with Gasteiger partial charge >= 0.3 is 0 Å². The molecule has 0 aromatic carbocycles. The quantitative estimate of drug-likeness (QED) is 0.775. The summed E-state index contributed by atoms with van der Waals surface area (Å²) in [6, 6.07) is 3.84. The number of thioether (sulfide) groups is 1. The molecule has 0 saturated carbocycles. The van der Waals surface area contributed by atoms with Crippen LogP contribution in [0, 0.1) is 0 Å².